The van der Waals surface area contributed by atoms with Crippen LogP contribution in [0.25, 0.3) is 0 Å². The molecule has 0 saturated heterocycles. The van der Waals surface area contributed by atoms with Gasteiger partial charge in [-0.25, -0.2) is 0 Å². The number of rotatable bonds is 6. The summed E-state index contributed by atoms with van der Waals surface area (Å²) < 4.78 is 2.11. The van der Waals surface area contributed by atoms with Crippen molar-refractivity contribution in [1.29, 1.82) is 0 Å². The average Bonchev–Trinajstić information content (AvgIpc) is 2.88. The van der Waals surface area contributed by atoms with Gasteiger partial charge in [0.05, 0.1) is 0 Å². The summed E-state index contributed by atoms with van der Waals surface area (Å²) in [6, 6.07) is 12.4. The van der Waals surface area contributed by atoms with Crippen molar-refractivity contribution < 1.29 is 4.79 Å². The molecule has 0 atom stereocenters. The Kier molecular flexibility index (Phi) is 4.56. The predicted molar refractivity (Wildman–Crippen MR) is 78.4 cm³/mol. The third-order valence-electron chi connectivity index (χ3n) is 3.28. The maximum absolute atomic E-state index is 11.8. The predicted octanol–water partition coefficient (Wildman–Crippen LogP) is 3.96. The summed E-state index contributed by atoms with van der Waals surface area (Å²) in [6.45, 7) is 4.84. The Morgan fingerprint density at radius 3 is 2.58 bits per heavy atom. The van der Waals surface area contributed by atoms with Crippen molar-refractivity contribution in [2.24, 2.45) is 5.92 Å². The molecule has 0 aliphatic heterocycles. The SMILES string of the molecule is CC(C)C(=O)c1ccn(CCCc2ccccc2)c1. The van der Waals surface area contributed by atoms with E-state index < -0.39 is 0 Å². The van der Waals surface area contributed by atoms with Crippen LogP contribution in [0.4, 0.5) is 0 Å². The van der Waals surface area contributed by atoms with E-state index in [9.17, 15) is 4.79 Å². The van der Waals surface area contributed by atoms with Gasteiger partial charge in [0.15, 0.2) is 5.78 Å². The van der Waals surface area contributed by atoms with E-state index in [1.54, 1.807) is 0 Å². The van der Waals surface area contributed by atoms with Crippen LogP contribution in [0.3, 0.4) is 0 Å². The van der Waals surface area contributed by atoms with E-state index in [1.165, 1.54) is 5.56 Å². The summed E-state index contributed by atoms with van der Waals surface area (Å²) in [7, 11) is 0. The van der Waals surface area contributed by atoms with Gasteiger partial charge in [-0.3, -0.25) is 4.79 Å². The minimum atomic E-state index is 0.0696. The Bertz CT molecular complexity index is 525. The van der Waals surface area contributed by atoms with Crippen molar-refractivity contribution in [3.63, 3.8) is 0 Å². The molecule has 19 heavy (non-hydrogen) atoms. The zero-order valence-electron chi connectivity index (χ0n) is 11.7. The van der Waals surface area contributed by atoms with E-state index in [4.69, 9.17) is 0 Å². The molecule has 1 aromatic heterocycles. The number of hydrogen-bond donors (Lipinski definition) is 0. The molecule has 0 amide bonds. The maximum atomic E-state index is 11.8. The van der Waals surface area contributed by atoms with Gasteiger partial charge in [-0.15, -0.1) is 0 Å². The number of hydrogen-bond acceptors (Lipinski definition) is 1. The fraction of sp³-hybridized carbons (Fsp3) is 0.353. The Morgan fingerprint density at radius 1 is 1.16 bits per heavy atom. The van der Waals surface area contributed by atoms with Gasteiger partial charge in [-0.05, 0) is 24.5 Å². The highest BCUT2D eigenvalue weighted by atomic mass is 16.1. The molecular formula is C17H21NO. The molecule has 0 N–H and O–H groups in total. The van der Waals surface area contributed by atoms with Gasteiger partial charge in [0, 0.05) is 30.4 Å². The van der Waals surface area contributed by atoms with Crippen LogP contribution < -0.4 is 0 Å². The molecule has 0 aliphatic carbocycles. The van der Waals surface area contributed by atoms with Gasteiger partial charge in [0.2, 0.25) is 0 Å². The monoisotopic (exact) mass is 255 g/mol. The number of Topliss-reactive ketones (excluding diaryl/α,β-unsaturated/α-hetero) is 1. The second-order valence-electron chi connectivity index (χ2n) is 5.25. The summed E-state index contributed by atoms with van der Waals surface area (Å²) in [5, 5.41) is 0. The number of carbonyl (C=O) groups excluding carboxylic acids is 1. The molecule has 1 heterocycles. The van der Waals surface area contributed by atoms with Crippen LogP contribution in [-0.2, 0) is 13.0 Å². The molecule has 2 heteroatoms. The largest absolute Gasteiger partial charge is 0.353 e. The van der Waals surface area contributed by atoms with Crippen LogP contribution in [0.5, 0.6) is 0 Å². The van der Waals surface area contributed by atoms with Crippen LogP contribution in [0.15, 0.2) is 48.8 Å². The maximum Gasteiger partial charge on any atom is 0.166 e. The molecule has 0 fully saturated rings. The fourth-order valence-electron chi connectivity index (χ4n) is 2.17. The standard InChI is InChI=1S/C17H21NO/c1-14(2)17(19)16-10-12-18(13-16)11-6-9-15-7-4-3-5-8-15/h3-5,7-8,10,12-14H,6,9,11H2,1-2H3. The van der Waals surface area contributed by atoms with Crippen molar-refractivity contribution in [2.45, 2.75) is 33.2 Å². The molecule has 2 nitrogen and oxygen atoms in total. The number of aryl methyl sites for hydroxylation is 2. The number of nitrogens with zero attached hydrogens (tertiary/aromatic N) is 1. The van der Waals surface area contributed by atoms with Crippen molar-refractivity contribution in [2.75, 3.05) is 0 Å². The van der Waals surface area contributed by atoms with Crippen molar-refractivity contribution in [1.82, 2.24) is 4.57 Å². The van der Waals surface area contributed by atoms with Crippen LogP contribution in [-0.4, -0.2) is 10.4 Å². The van der Waals surface area contributed by atoms with Crippen LogP contribution >= 0.6 is 0 Å². The fourth-order valence-corrected chi connectivity index (χ4v) is 2.17. The smallest absolute Gasteiger partial charge is 0.166 e. The first-order valence-electron chi connectivity index (χ1n) is 6.91. The summed E-state index contributed by atoms with van der Waals surface area (Å²) in [5.74, 6) is 0.293. The summed E-state index contributed by atoms with van der Waals surface area (Å²) >= 11 is 0. The Hall–Kier alpha value is -1.83. The van der Waals surface area contributed by atoms with E-state index >= 15 is 0 Å². The molecule has 100 valence electrons. The first-order chi connectivity index (χ1) is 9.16. The lowest BCUT2D eigenvalue weighted by Crippen LogP contribution is -2.06. The third kappa shape index (κ3) is 3.82. The van der Waals surface area contributed by atoms with Crippen molar-refractivity contribution in [3.05, 3.63) is 59.9 Å². The molecular weight excluding hydrogens is 234 g/mol. The highest BCUT2D eigenvalue weighted by Gasteiger charge is 2.11. The minimum Gasteiger partial charge on any atom is -0.353 e. The van der Waals surface area contributed by atoms with Crippen LogP contribution in [0, 0.1) is 5.92 Å². The average molecular weight is 255 g/mol. The number of ketones is 1. The molecule has 0 bridgehead atoms. The van der Waals surface area contributed by atoms with Gasteiger partial charge < -0.3 is 4.57 Å². The quantitative estimate of drug-likeness (QED) is 0.716. The van der Waals surface area contributed by atoms with E-state index in [-0.39, 0.29) is 11.7 Å². The Morgan fingerprint density at radius 2 is 1.89 bits per heavy atom. The molecule has 1 aromatic carbocycles. The van der Waals surface area contributed by atoms with Crippen LogP contribution in [0.2, 0.25) is 0 Å². The minimum absolute atomic E-state index is 0.0696. The number of aromatic nitrogens is 1. The molecule has 0 radical (unpaired) electrons. The molecule has 2 rings (SSSR count). The van der Waals surface area contributed by atoms with Gasteiger partial charge in [-0.2, -0.15) is 0 Å². The van der Waals surface area contributed by atoms with Gasteiger partial charge in [0.25, 0.3) is 0 Å². The normalized spacial score (nSPS) is 10.9. The zero-order valence-corrected chi connectivity index (χ0v) is 11.7. The third-order valence-corrected chi connectivity index (χ3v) is 3.28. The van der Waals surface area contributed by atoms with Gasteiger partial charge in [0.1, 0.15) is 0 Å². The number of carbonyl (C=O) groups is 1. The Balaban J connectivity index is 1.85. The summed E-state index contributed by atoms with van der Waals surface area (Å²) in [5.41, 5.74) is 2.20. The first-order valence-corrected chi connectivity index (χ1v) is 6.91. The number of benzene rings is 1. The van der Waals surface area contributed by atoms with E-state index in [1.807, 2.05) is 38.4 Å². The molecule has 0 aliphatic rings. The Labute approximate surface area is 115 Å². The highest BCUT2D eigenvalue weighted by Crippen LogP contribution is 2.10. The van der Waals surface area contributed by atoms with Crippen molar-refractivity contribution >= 4 is 5.78 Å². The van der Waals surface area contributed by atoms with Gasteiger partial charge in [-0.1, -0.05) is 44.2 Å². The van der Waals surface area contributed by atoms with Gasteiger partial charge >= 0.3 is 0 Å². The molecule has 0 saturated carbocycles. The summed E-state index contributed by atoms with van der Waals surface area (Å²) in [4.78, 5) is 11.8. The summed E-state index contributed by atoms with van der Waals surface area (Å²) in [6.07, 6.45) is 6.13. The zero-order chi connectivity index (χ0) is 13.7. The lowest BCUT2D eigenvalue weighted by Gasteiger charge is -2.04. The van der Waals surface area contributed by atoms with E-state index in [0.29, 0.717) is 0 Å². The lowest BCUT2D eigenvalue weighted by atomic mass is 10.0. The second-order valence-corrected chi connectivity index (χ2v) is 5.25. The molecule has 0 spiro atoms. The van der Waals surface area contributed by atoms with Crippen molar-refractivity contribution in [3.8, 4) is 0 Å². The van der Waals surface area contributed by atoms with E-state index in [0.717, 1.165) is 24.9 Å². The van der Waals surface area contributed by atoms with E-state index in [2.05, 4.69) is 28.8 Å². The van der Waals surface area contributed by atoms with Crippen LogP contribution in [0.1, 0.15) is 36.2 Å². The molecule has 0 unspecified atom stereocenters. The highest BCUT2D eigenvalue weighted by molar-refractivity contribution is 5.97. The topological polar surface area (TPSA) is 22.0 Å². The second kappa shape index (κ2) is 6.37. The first kappa shape index (κ1) is 13.6. The molecule has 2 aromatic rings. The lowest BCUT2D eigenvalue weighted by molar-refractivity contribution is 0.0939.